The number of hydrogen-bond donors (Lipinski definition) is 2. The number of aliphatic hydroxyl groups is 2. The Morgan fingerprint density at radius 1 is 0.800 bits per heavy atom. The van der Waals surface area contributed by atoms with Crippen LogP contribution in [0.25, 0.3) is 0 Å². The maximum atomic E-state index is 8.77. The van der Waals surface area contributed by atoms with Gasteiger partial charge < -0.3 is 29.2 Å². The van der Waals surface area contributed by atoms with E-state index in [1.807, 2.05) is 20.8 Å². The van der Waals surface area contributed by atoms with Crippen LogP contribution in [-0.4, -0.2) is 75.3 Å². The number of ether oxygens (including phenoxy) is 4. The molecule has 0 aromatic heterocycles. The summed E-state index contributed by atoms with van der Waals surface area (Å²) in [5.74, 6) is 0. The highest BCUT2D eigenvalue weighted by atomic mass is 16.5. The van der Waals surface area contributed by atoms with Gasteiger partial charge in [0.25, 0.3) is 0 Å². The minimum absolute atomic E-state index is 0.0659. The highest BCUT2D eigenvalue weighted by molar-refractivity contribution is 4.49. The van der Waals surface area contributed by atoms with E-state index >= 15 is 0 Å². The minimum Gasteiger partial charge on any atom is -0.394 e. The Hall–Kier alpha value is -0.240. The molecule has 6 nitrogen and oxygen atoms in total. The second kappa shape index (κ2) is 15.2. The number of methoxy groups -OCH3 is 2. The maximum absolute atomic E-state index is 8.77. The van der Waals surface area contributed by atoms with Gasteiger partial charge in [-0.05, 0) is 27.7 Å². The van der Waals surface area contributed by atoms with E-state index in [2.05, 4.69) is 0 Å². The molecule has 0 bridgehead atoms. The maximum Gasteiger partial charge on any atom is 0.0779 e. The van der Waals surface area contributed by atoms with E-state index < -0.39 is 0 Å². The van der Waals surface area contributed by atoms with E-state index in [1.165, 1.54) is 0 Å². The van der Waals surface area contributed by atoms with Gasteiger partial charge in [0.1, 0.15) is 0 Å². The van der Waals surface area contributed by atoms with Crippen molar-refractivity contribution >= 4 is 0 Å². The Labute approximate surface area is 123 Å². The fourth-order valence-electron chi connectivity index (χ4n) is 0.893. The number of aliphatic hydroxyl groups excluding tert-OH is 2. The van der Waals surface area contributed by atoms with Gasteiger partial charge in [0.05, 0.1) is 50.8 Å². The lowest BCUT2D eigenvalue weighted by atomic mass is 10.4. The van der Waals surface area contributed by atoms with Gasteiger partial charge >= 0.3 is 0 Å². The molecule has 0 amide bonds. The lowest BCUT2D eigenvalue weighted by Gasteiger charge is -2.13. The number of rotatable bonds is 10. The first-order chi connectivity index (χ1) is 9.37. The van der Waals surface area contributed by atoms with Gasteiger partial charge in [-0.25, -0.2) is 0 Å². The molecular formula is C14H32O6. The summed E-state index contributed by atoms with van der Waals surface area (Å²) in [6.45, 7) is 8.88. The van der Waals surface area contributed by atoms with Crippen molar-refractivity contribution < 1.29 is 29.2 Å². The lowest BCUT2D eigenvalue weighted by Crippen LogP contribution is -2.21. The monoisotopic (exact) mass is 296 g/mol. The minimum atomic E-state index is -0.385. The van der Waals surface area contributed by atoms with Crippen LogP contribution >= 0.6 is 0 Å². The Kier molecular flexibility index (Phi) is 16.7. The summed E-state index contributed by atoms with van der Waals surface area (Å²) in [6, 6.07) is 0. The first kappa shape index (κ1) is 22.0. The zero-order valence-electron chi connectivity index (χ0n) is 13.7. The van der Waals surface area contributed by atoms with E-state index in [4.69, 9.17) is 29.2 Å². The molecule has 0 saturated heterocycles. The summed E-state index contributed by atoms with van der Waals surface area (Å²) in [4.78, 5) is 0. The number of hydrogen-bond acceptors (Lipinski definition) is 6. The van der Waals surface area contributed by atoms with Gasteiger partial charge in [-0.3, -0.25) is 0 Å². The van der Waals surface area contributed by atoms with E-state index in [-0.39, 0.29) is 31.0 Å². The molecule has 0 aromatic carbocycles. The van der Waals surface area contributed by atoms with Crippen molar-refractivity contribution in [1.29, 1.82) is 0 Å². The Morgan fingerprint density at radius 2 is 1.30 bits per heavy atom. The molecule has 0 saturated carbocycles. The van der Waals surface area contributed by atoms with Crippen LogP contribution in [-0.2, 0) is 18.9 Å². The molecule has 2 N–H and O–H groups in total. The zero-order valence-corrected chi connectivity index (χ0v) is 13.7. The van der Waals surface area contributed by atoms with Crippen LogP contribution in [0, 0.1) is 0 Å². The molecule has 0 aliphatic rings. The predicted molar refractivity (Wildman–Crippen MR) is 77.9 cm³/mol. The van der Waals surface area contributed by atoms with E-state index in [0.29, 0.717) is 19.8 Å². The molecule has 20 heavy (non-hydrogen) atoms. The summed E-state index contributed by atoms with van der Waals surface area (Å²) in [5.41, 5.74) is 0. The van der Waals surface area contributed by atoms with Crippen LogP contribution in [0.4, 0.5) is 0 Å². The molecule has 0 fully saturated rings. The SMILES string of the molecule is COC(C)COC(C)CO.COC(C)COCC(C)O. The smallest absolute Gasteiger partial charge is 0.0779 e. The topological polar surface area (TPSA) is 77.4 Å². The largest absolute Gasteiger partial charge is 0.394 e. The first-order valence-corrected chi connectivity index (χ1v) is 6.91. The molecule has 0 rings (SSSR count). The quantitative estimate of drug-likeness (QED) is 0.622. The molecular weight excluding hydrogens is 264 g/mol. The van der Waals surface area contributed by atoms with Crippen LogP contribution < -0.4 is 0 Å². The summed E-state index contributed by atoms with van der Waals surface area (Å²) in [5, 5.41) is 17.3. The third-order valence-corrected chi connectivity index (χ3v) is 2.39. The van der Waals surface area contributed by atoms with Crippen LogP contribution in [0.3, 0.4) is 0 Å². The molecule has 124 valence electrons. The third kappa shape index (κ3) is 17.8. The lowest BCUT2D eigenvalue weighted by molar-refractivity contribution is -0.0313. The van der Waals surface area contributed by atoms with E-state index in [1.54, 1.807) is 21.1 Å². The van der Waals surface area contributed by atoms with Crippen molar-refractivity contribution in [1.82, 2.24) is 0 Å². The molecule has 4 unspecified atom stereocenters. The van der Waals surface area contributed by atoms with Crippen molar-refractivity contribution in [2.24, 2.45) is 0 Å². The van der Waals surface area contributed by atoms with Gasteiger partial charge in [-0.2, -0.15) is 0 Å². The summed E-state index contributed by atoms with van der Waals surface area (Å²) >= 11 is 0. The zero-order chi connectivity index (χ0) is 16.0. The molecule has 4 atom stereocenters. The van der Waals surface area contributed by atoms with Gasteiger partial charge in [0.15, 0.2) is 0 Å². The normalized spacial score (nSPS) is 16.8. The van der Waals surface area contributed by atoms with Crippen LogP contribution in [0.5, 0.6) is 0 Å². The predicted octanol–water partition coefficient (Wildman–Crippen LogP) is 0.837. The Bertz CT molecular complexity index is 179. The second-order valence-corrected chi connectivity index (χ2v) is 4.81. The molecule has 0 heterocycles. The molecule has 0 aliphatic heterocycles. The Morgan fingerprint density at radius 3 is 1.70 bits per heavy atom. The third-order valence-electron chi connectivity index (χ3n) is 2.39. The second-order valence-electron chi connectivity index (χ2n) is 4.81. The molecule has 0 spiro atoms. The van der Waals surface area contributed by atoms with Crippen molar-refractivity contribution in [3.63, 3.8) is 0 Å². The first-order valence-electron chi connectivity index (χ1n) is 6.91. The van der Waals surface area contributed by atoms with Gasteiger partial charge in [0, 0.05) is 14.2 Å². The average Bonchev–Trinajstić information content (AvgIpc) is 2.44. The molecule has 6 heteroatoms. The summed E-state index contributed by atoms with van der Waals surface area (Å²) in [7, 11) is 3.27. The summed E-state index contributed by atoms with van der Waals surface area (Å²) in [6.07, 6.45) is -0.255. The molecule has 0 aromatic rings. The van der Waals surface area contributed by atoms with Crippen molar-refractivity contribution in [3.8, 4) is 0 Å². The van der Waals surface area contributed by atoms with Crippen molar-refractivity contribution in [2.45, 2.75) is 52.1 Å². The molecule has 0 aliphatic carbocycles. The van der Waals surface area contributed by atoms with E-state index in [9.17, 15) is 0 Å². The highest BCUT2D eigenvalue weighted by Gasteiger charge is 2.03. The highest BCUT2D eigenvalue weighted by Crippen LogP contribution is 1.93. The standard InChI is InChI=1S/2C7H16O3/c1-6(8)4-10-5-7(2)9-3;1-6(4-8)10-5-7(2)9-3/h2*6-8H,4-5H2,1-3H3. The van der Waals surface area contributed by atoms with Crippen LogP contribution in [0.15, 0.2) is 0 Å². The fourth-order valence-corrected chi connectivity index (χ4v) is 0.893. The van der Waals surface area contributed by atoms with Crippen molar-refractivity contribution in [3.05, 3.63) is 0 Å². The molecule has 0 radical (unpaired) electrons. The van der Waals surface area contributed by atoms with Gasteiger partial charge in [-0.1, -0.05) is 0 Å². The van der Waals surface area contributed by atoms with Crippen molar-refractivity contribution in [2.75, 3.05) is 40.6 Å². The average molecular weight is 296 g/mol. The van der Waals surface area contributed by atoms with Gasteiger partial charge in [0.2, 0.25) is 0 Å². The van der Waals surface area contributed by atoms with Gasteiger partial charge in [-0.15, -0.1) is 0 Å². The summed E-state index contributed by atoms with van der Waals surface area (Å²) < 4.78 is 20.1. The van der Waals surface area contributed by atoms with E-state index in [0.717, 1.165) is 0 Å². The van der Waals surface area contributed by atoms with Crippen LogP contribution in [0.1, 0.15) is 27.7 Å². The van der Waals surface area contributed by atoms with Crippen LogP contribution in [0.2, 0.25) is 0 Å². The fraction of sp³-hybridized carbons (Fsp3) is 1.00. The Balaban J connectivity index is 0.